The van der Waals surface area contributed by atoms with Crippen LogP contribution in [0, 0.1) is 12.8 Å². The van der Waals surface area contributed by atoms with Crippen LogP contribution in [0.2, 0.25) is 0 Å². The van der Waals surface area contributed by atoms with E-state index in [1.807, 2.05) is 19.9 Å². The van der Waals surface area contributed by atoms with Gasteiger partial charge in [-0.25, -0.2) is 9.59 Å². The zero-order chi connectivity index (χ0) is 21.8. The van der Waals surface area contributed by atoms with Gasteiger partial charge >= 0.3 is 11.9 Å². The number of nitrogens with one attached hydrogen (secondary N) is 1. The Morgan fingerprint density at radius 2 is 1.93 bits per heavy atom. The summed E-state index contributed by atoms with van der Waals surface area (Å²) in [5, 5.41) is 3.15. The van der Waals surface area contributed by atoms with Crippen LogP contribution < -0.4 is 5.32 Å². The Morgan fingerprint density at radius 3 is 2.63 bits per heavy atom. The van der Waals surface area contributed by atoms with Gasteiger partial charge in [-0.2, -0.15) is 0 Å². The highest BCUT2D eigenvalue weighted by Crippen LogP contribution is 2.34. The number of thiophene rings is 2. The lowest BCUT2D eigenvalue weighted by atomic mass is 9.90. The molecule has 8 heteroatoms. The summed E-state index contributed by atoms with van der Waals surface area (Å²) in [6.07, 6.45) is 3.76. The molecule has 0 bridgehead atoms. The fourth-order valence-electron chi connectivity index (χ4n) is 3.68. The molecule has 2 aromatic rings. The number of hydrogen-bond donors (Lipinski definition) is 1. The van der Waals surface area contributed by atoms with Gasteiger partial charge in [0.05, 0.1) is 12.2 Å². The summed E-state index contributed by atoms with van der Waals surface area (Å²) in [7, 11) is 0. The Morgan fingerprint density at radius 1 is 1.17 bits per heavy atom. The maximum absolute atomic E-state index is 12.4. The first-order chi connectivity index (χ1) is 14.3. The van der Waals surface area contributed by atoms with Gasteiger partial charge in [-0.15, -0.1) is 22.7 Å². The van der Waals surface area contributed by atoms with Gasteiger partial charge in [0.15, 0.2) is 6.61 Å². The van der Waals surface area contributed by atoms with Crippen molar-refractivity contribution < 1.29 is 23.9 Å². The van der Waals surface area contributed by atoms with E-state index in [4.69, 9.17) is 9.47 Å². The molecule has 0 saturated carbocycles. The molecule has 6 nitrogen and oxygen atoms in total. The number of carbonyl (C=O) groups is 3. The number of hydrogen-bond acceptors (Lipinski definition) is 7. The van der Waals surface area contributed by atoms with E-state index in [-0.39, 0.29) is 6.61 Å². The van der Waals surface area contributed by atoms with E-state index >= 15 is 0 Å². The minimum absolute atomic E-state index is 0.255. The van der Waals surface area contributed by atoms with Gasteiger partial charge < -0.3 is 14.8 Å². The van der Waals surface area contributed by atoms with Gasteiger partial charge in [-0.3, -0.25) is 4.79 Å². The number of esters is 2. The van der Waals surface area contributed by atoms with Gasteiger partial charge in [0.2, 0.25) is 0 Å². The molecule has 162 valence electrons. The third-order valence-electron chi connectivity index (χ3n) is 5.16. The molecule has 1 amide bonds. The van der Waals surface area contributed by atoms with Gasteiger partial charge in [0, 0.05) is 9.75 Å². The summed E-state index contributed by atoms with van der Waals surface area (Å²) >= 11 is 2.78. The maximum Gasteiger partial charge on any atom is 0.348 e. The van der Waals surface area contributed by atoms with Crippen molar-refractivity contribution in [3.8, 4) is 0 Å². The number of rotatable bonds is 7. The van der Waals surface area contributed by atoms with Crippen LogP contribution in [-0.2, 0) is 33.5 Å². The van der Waals surface area contributed by atoms with Crippen molar-refractivity contribution in [1.29, 1.82) is 0 Å². The Hall–Kier alpha value is -2.19. The van der Waals surface area contributed by atoms with Crippen LogP contribution in [0.3, 0.4) is 0 Å². The molecule has 1 N–H and O–H groups in total. The number of anilines is 1. The second-order valence-corrected chi connectivity index (χ2v) is 9.81. The molecule has 1 aliphatic rings. The lowest BCUT2D eigenvalue weighted by Gasteiger charge is -2.16. The summed E-state index contributed by atoms with van der Waals surface area (Å²) < 4.78 is 10.4. The van der Waals surface area contributed by atoms with E-state index in [0.717, 1.165) is 29.7 Å². The Kier molecular flexibility index (Phi) is 7.31. The van der Waals surface area contributed by atoms with Crippen molar-refractivity contribution in [1.82, 2.24) is 0 Å². The first-order valence-corrected chi connectivity index (χ1v) is 11.8. The smallest absolute Gasteiger partial charge is 0.348 e. The first-order valence-electron chi connectivity index (χ1n) is 10.2. The molecular formula is C22H27NO5S2. The SMILES string of the molecule is CCOC(=O)c1c(NC(=O)COC(=O)c2cc3c(s2)CCC(C)C3)sc(C)c1CC. The number of carbonyl (C=O) groups excluding carboxylic acids is 3. The third-order valence-corrected chi connectivity index (χ3v) is 7.44. The van der Waals surface area contributed by atoms with Crippen LogP contribution in [0.5, 0.6) is 0 Å². The van der Waals surface area contributed by atoms with E-state index < -0.39 is 24.5 Å². The minimum Gasteiger partial charge on any atom is -0.462 e. The highest BCUT2D eigenvalue weighted by atomic mass is 32.1. The van der Waals surface area contributed by atoms with Crippen molar-refractivity contribution in [3.05, 3.63) is 37.4 Å². The minimum atomic E-state index is -0.487. The summed E-state index contributed by atoms with van der Waals surface area (Å²) in [6.45, 7) is 7.66. The second-order valence-electron chi connectivity index (χ2n) is 7.45. The van der Waals surface area contributed by atoms with Crippen LogP contribution in [-0.4, -0.2) is 31.1 Å². The van der Waals surface area contributed by atoms with Crippen molar-refractivity contribution >= 4 is 45.5 Å². The molecule has 0 aliphatic heterocycles. The number of fused-ring (bicyclic) bond motifs is 1. The van der Waals surface area contributed by atoms with Crippen LogP contribution in [0.15, 0.2) is 6.07 Å². The molecule has 0 spiro atoms. The summed E-state index contributed by atoms with van der Waals surface area (Å²) in [4.78, 5) is 39.9. The predicted octanol–water partition coefficient (Wildman–Crippen LogP) is 4.78. The normalized spacial score (nSPS) is 15.4. The van der Waals surface area contributed by atoms with Crippen molar-refractivity contribution in [2.45, 2.75) is 53.4 Å². The largest absolute Gasteiger partial charge is 0.462 e. The molecule has 0 saturated heterocycles. The average molecular weight is 450 g/mol. The van der Waals surface area contributed by atoms with E-state index in [2.05, 4.69) is 12.2 Å². The summed E-state index contributed by atoms with van der Waals surface area (Å²) in [5.74, 6) is -0.797. The lowest BCUT2D eigenvalue weighted by molar-refractivity contribution is -0.119. The topological polar surface area (TPSA) is 81.7 Å². The zero-order valence-corrected chi connectivity index (χ0v) is 19.4. The van der Waals surface area contributed by atoms with Crippen LogP contribution in [0.4, 0.5) is 5.00 Å². The Bertz CT molecular complexity index is 959. The molecule has 0 fully saturated rings. The van der Waals surface area contributed by atoms with Crippen molar-refractivity contribution in [2.24, 2.45) is 5.92 Å². The Balaban J connectivity index is 1.64. The fraction of sp³-hybridized carbons (Fsp3) is 0.500. The average Bonchev–Trinajstić information content (AvgIpc) is 3.26. The maximum atomic E-state index is 12.4. The van der Waals surface area contributed by atoms with E-state index in [0.29, 0.717) is 27.8 Å². The second kappa shape index (κ2) is 9.75. The third kappa shape index (κ3) is 4.92. The van der Waals surface area contributed by atoms with Gasteiger partial charge in [-0.1, -0.05) is 13.8 Å². The van der Waals surface area contributed by atoms with Gasteiger partial charge in [-0.05, 0) is 62.6 Å². The standard InChI is InChI=1S/C22H27NO5S2/c1-5-15-13(4)29-20(19(15)22(26)27-6-2)23-18(24)11-28-21(25)17-10-14-9-12(3)7-8-16(14)30-17/h10,12H,5-9,11H2,1-4H3,(H,23,24). The Labute approximate surface area is 184 Å². The molecule has 30 heavy (non-hydrogen) atoms. The van der Waals surface area contributed by atoms with E-state index in [1.165, 1.54) is 33.1 Å². The number of aryl methyl sites for hydroxylation is 2. The molecule has 2 aromatic heterocycles. The summed E-state index contributed by atoms with van der Waals surface area (Å²) in [5.41, 5.74) is 2.47. The van der Waals surface area contributed by atoms with Gasteiger partial charge in [0.1, 0.15) is 9.88 Å². The van der Waals surface area contributed by atoms with E-state index in [1.54, 1.807) is 6.92 Å². The molecular weight excluding hydrogens is 422 g/mol. The molecule has 1 aliphatic carbocycles. The van der Waals surface area contributed by atoms with Crippen molar-refractivity contribution in [2.75, 3.05) is 18.5 Å². The number of amides is 1. The van der Waals surface area contributed by atoms with Gasteiger partial charge in [0.25, 0.3) is 5.91 Å². The fourth-order valence-corrected chi connectivity index (χ4v) is 5.93. The lowest BCUT2D eigenvalue weighted by Crippen LogP contribution is -2.21. The highest BCUT2D eigenvalue weighted by Gasteiger charge is 2.25. The molecule has 1 unspecified atom stereocenters. The molecule has 1 atom stereocenters. The predicted molar refractivity (Wildman–Crippen MR) is 119 cm³/mol. The monoisotopic (exact) mass is 449 g/mol. The quantitative estimate of drug-likeness (QED) is 0.616. The molecule has 3 rings (SSSR count). The molecule has 0 radical (unpaired) electrons. The zero-order valence-electron chi connectivity index (χ0n) is 17.8. The molecule has 0 aromatic carbocycles. The summed E-state index contributed by atoms with van der Waals surface area (Å²) in [6, 6.07) is 1.89. The van der Waals surface area contributed by atoms with Crippen LogP contribution >= 0.6 is 22.7 Å². The first kappa shape index (κ1) is 22.5. The number of ether oxygens (including phenoxy) is 2. The van der Waals surface area contributed by atoms with E-state index in [9.17, 15) is 14.4 Å². The highest BCUT2D eigenvalue weighted by molar-refractivity contribution is 7.16. The van der Waals surface area contributed by atoms with Crippen molar-refractivity contribution in [3.63, 3.8) is 0 Å². The van der Waals surface area contributed by atoms with Crippen LogP contribution in [0.1, 0.15) is 68.1 Å². The molecule has 2 heterocycles. The van der Waals surface area contributed by atoms with Crippen LogP contribution in [0.25, 0.3) is 0 Å².